The molecule has 0 unspecified atom stereocenters. The number of benzene rings is 2. The van der Waals surface area contributed by atoms with Gasteiger partial charge in [-0.05, 0) is 31.9 Å². The van der Waals surface area contributed by atoms with Crippen molar-refractivity contribution in [1.29, 1.82) is 0 Å². The number of rotatable bonds is 6. The van der Waals surface area contributed by atoms with Crippen LogP contribution in [0.5, 0.6) is 0 Å². The topological polar surface area (TPSA) is 81.4 Å². The molecular weight excluding hydrogens is 328 g/mol. The van der Waals surface area contributed by atoms with Gasteiger partial charge in [0.15, 0.2) is 0 Å². The van der Waals surface area contributed by atoms with E-state index in [1.165, 1.54) is 0 Å². The van der Waals surface area contributed by atoms with Crippen molar-refractivity contribution in [2.45, 2.75) is 44.9 Å². The summed E-state index contributed by atoms with van der Waals surface area (Å²) < 4.78 is 5.46. The zero-order valence-corrected chi connectivity index (χ0v) is 15.4. The lowest BCUT2D eigenvalue weighted by Crippen LogP contribution is -2.48. The van der Waals surface area contributed by atoms with E-state index in [0.717, 1.165) is 5.56 Å². The molecule has 0 saturated heterocycles. The first kappa shape index (κ1) is 19.7. The number of esters is 1. The largest absolute Gasteiger partial charge is 0.458 e. The van der Waals surface area contributed by atoms with Crippen LogP contribution in [0, 0.1) is 0 Å². The lowest BCUT2D eigenvalue weighted by Gasteiger charge is -2.25. The SMILES string of the molecule is CC(C)(C)OC(=O)[C@H](Cc1ccccc1)NC(=O)[C@@H](N)c1ccccc1. The minimum Gasteiger partial charge on any atom is -0.458 e. The Kier molecular flexibility index (Phi) is 6.52. The maximum Gasteiger partial charge on any atom is 0.329 e. The molecule has 0 aliphatic carbocycles. The highest BCUT2D eigenvalue weighted by molar-refractivity contribution is 5.88. The van der Waals surface area contributed by atoms with E-state index in [4.69, 9.17) is 10.5 Å². The van der Waals surface area contributed by atoms with Gasteiger partial charge in [0, 0.05) is 6.42 Å². The molecule has 2 rings (SSSR count). The van der Waals surface area contributed by atoms with Gasteiger partial charge in [0.05, 0.1) is 0 Å². The van der Waals surface area contributed by atoms with E-state index in [1.807, 2.05) is 48.5 Å². The number of carbonyl (C=O) groups is 2. The Labute approximate surface area is 154 Å². The van der Waals surface area contributed by atoms with E-state index >= 15 is 0 Å². The third-order valence-electron chi connectivity index (χ3n) is 3.73. The van der Waals surface area contributed by atoms with E-state index in [-0.39, 0.29) is 0 Å². The van der Waals surface area contributed by atoms with E-state index in [2.05, 4.69) is 5.32 Å². The second kappa shape index (κ2) is 8.63. The molecule has 138 valence electrons. The van der Waals surface area contributed by atoms with Crippen molar-refractivity contribution < 1.29 is 14.3 Å². The van der Waals surface area contributed by atoms with Crippen LogP contribution in [0.4, 0.5) is 0 Å². The minimum absolute atomic E-state index is 0.336. The van der Waals surface area contributed by atoms with E-state index in [1.54, 1.807) is 32.9 Å². The summed E-state index contributed by atoms with van der Waals surface area (Å²) in [6.07, 6.45) is 0.336. The molecule has 5 heteroatoms. The van der Waals surface area contributed by atoms with Gasteiger partial charge in [-0.2, -0.15) is 0 Å². The highest BCUT2D eigenvalue weighted by Crippen LogP contribution is 2.14. The highest BCUT2D eigenvalue weighted by Gasteiger charge is 2.28. The Morgan fingerprint density at radius 3 is 2.08 bits per heavy atom. The summed E-state index contributed by atoms with van der Waals surface area (Å²) >= 11 is 0. The van der Waals surface area contributed by atoms with Gasteiger partial charge in [0.2, 0.25) is 5.91 Å². The van der Waals surface area contributed by atoms with Crippen LogP contribution >= 0.6 is 0 Å². The number of nitrogens with two attached hydrogens (primary N) is 1. The molecule has 0 radical (unpaired) electrons. The van der Waals surface area contributed by atoms with Crippen molar-refractivity contribution in [1.82, 2.24) is 5.32 Å². The quantitative estimate of drug-likeness (QED) is 0.782. The van der Waals surface area contributed by atoms with Crippen LogP contribution in [0.25, 0.3) is 0 Å². The van der Waals surface area contributed by atoms with Crippen LogP contribution in [0.15, 0.2) is 60.7 Å². The third-order valence-corrected chi connectivity index (χ3v) is 3.73. The monoisotopic (exact) mass is 354 g/mol. The normalized spacial score (nSPS) is 13.5. The smallest absolute Gasteiger partial charge is 0.329 e. The molecule has 0 heterocycles. The summed E-state index contributed by atoms with van der Waals surface area (Å²) in [7, 11) is 0. The maximum atomic E-state index is 12.6. The fourth-order valence-electron chi connectivity index (χ4n) is 2.49. The van der Waals surface area contributed by atoms with Gasteiger partial charge < -0.3 is 15.8 Å². The Morgan fingerprint density at radius 2 is 1.54 bits per heavy atom. The maximum absolute atomic E-state index is 12.6. The standard InChI is InChI=1S/C21H26N2O3/c1-21(2,3)26-20(25)17(14-15-10-6-4-7-11-15)23-19(24)18(22)16-12-8-5-9-13-16/h4-13,17-18H,14,22H2,1-3H3,(H,23,24)/t17-,18-/m0/s1. The van der Waals surface area contributed by atoms with Crippen LogP contribution < -0.4 is 11.1 Å². The number of ether oxygens (including phenoxy) is 1. The fourth-order valence-corrected chi connectivity index (χ4v) is 2.49. The van der Waals surface area contributed by atoms with Gasteiger partial charge in [-0.25, -0.2) is 4.79 Å². The third kappa shape index (κ3) is 6.01. The fraction of sp³-hybridized carbons (Fsp3) is 0.333. The zero-order chi connectivity index (χ0) is 19.2. The molecule has 3 N–H and O–H groups in total. The van der Waals surface area contributed by atoms with E-state index in [0.29, 0.717) is 12.0 Å². The molecule has 0 spiro atoms. The van der Waals surface area contributed by atoms with Gasteiger partial charge in [-0.3, -0.25) is 4.79 Å². The van der Waals surface area contributed by atoms with Gasteiger partial charge >= 0.3 is 5.97 Å². The summed E-state index contributed by atoms with van der Waals surface area (Å²) in [6.45, 7) is 5.38. The number of amides is 1. The Balaban J connectivity index is 2.14. The average Bonchev–Trinajstić information content (AvgIpc) is 2.60. The number of hydrogen-bond acceptors (Lipinski definition) is 4. The molecule has 2 aromatic carbocycles. The van der Waals surface area contributed by atoms with Crippen LogP contribution in [-0.2, 0) is 20.7 Å². The molecule has 0 bridgehead atoms. The number of nitrogens with one attached hydrogen (secondary N) is 1. The Morgan fingerprint density at radius 1 is 1.00 bits per heavy atom. The molecule has 26 heavy (non-hydrogen) atoms. The molecule has 2 aromatic rings. The number of carbonyl (C=O) groups excluding carboxylic acids is 2. The lowest BCUT2D eigenvalue weighted by molar-refractivity contribution is -0.158. The van der Waals surface area contributed by atoms with Crippen molar-refractivity contribution in [3.8, 4) is 0 Å². The summed E-state index contributed by atoms with van der Waals surface area (Å²) in [5, 5.41) is 2.75. The molecule has 0 aliphatic rings. The summed E-state index contributed by atoms with van der Waals surface area (Å²) in [5.41, 5.74) is 7.02. The molecule has 0 fully saturated rings. The zero-order valence-electron chi connectivity index (χ0n) is 15.4. The van der Waals surface area contributed by atoms with Gasteiger partial charge in [-0.1, -0.05) is 60.7 Å². The first-order valence-corrected chi connectivity index (χ1v) is 8.64. The highest BCUT2D eigenvalue weighted by atomic mass is 16.6. The first-order chi connectivity index (χ1) is 12.3. The van der Waals surface area contributed by atoms with Crippen molar-refractivity contribution >= 4 is 11.9 Å². The van der Waals surface area contributed by atoms with Crippen molar-refractivity contribution in [3.05, 3.63) is 71.8 Å². The van der Waals surface area contributed by atoms with Crippen LogP contribution in [0.3, 0.4) is 0 Å². The average molecular weight is 354 g/mol. The van der Waals surface area contributed by atoms with Gasteiger partial charge in [0.1, 0.15) is 17.7 Å². The molecule has 0 aromatic heterocycles. The first-order valence-electron chi connectivity index (χ1n) is 8.64. The minimum atomic E-state index is -0.850. The predicted octanol–water partition coefficient (Wildman–Crippen LogP) is 2.76. The number of hydrogen-bond donors (Lipinski definition) is 2. The van der Waals surface area contributed by atoms with Crippen molar-refractivity contribution in [3.63, 3.8) is 0 Å². The van der Waals surface area contributed by atoms with Gasteiger partial charge in [0.25, 0.3) is 0 Å². The van der Waals surface area contributed by atoms with E-state index < -0.39 is 29.6 Å². The van der Waals surface area contributed by atoms with E-state index in [9.17, 15) is 9.59 Å². The molecule has 0 saturated carbocycles. The van der Waals surface area contributed by atoms with Crippen LogP contribution in [0.1, 0.15) is 37.9 Å². The van der Waals surface area contributed by atoms with Crippen LogP contribution in [0.2, 0.25) is 0 Å². The summed E-state index contributed by atoms with van der Waals surface area (Å²) in [4.78, 5) is 25.2. The van der Waals surface area contributed by atoms with Gasteiger partial charge in [-0.15, -0.1) is 0 Å². The summed E-state index contributed by atoms with van der Waals surface area (Å²) in [5.74, 6) is -0.891. The molecular formula is C21H26N2O3. The molecule has 5 nitrogen and oxygen atoms in total. The lowest BCUT2D eigenvalue weighted by atomic mass is 10.0. The second-order valence-electron chi connectivity index (χ2n) is 7.17. The van der Waals surface area contributed by atoms with Crippen molar-refractivity contribution in [2.75, 3.05) is 0 Å². The molecule has 0 aliphatic heterocycles. The Bertz CT molecular complexity index is 724. The molecule has 1 amide bonds. The second-order valence-corrected chi connectivity index (χ2v) is 7.17. The summed E-state index contributed by atoms with van der Waals surface area (Å²) in [6, 6.07) is 16.9. The predicted molar refractivity (Wildman–Crippen MR) is 101 cm³/mol. The van der Waals surface area contributed by atoms with Crippen LogP contribution in [-0.4, -0.2) is 23.5 Å². The van der Waals surface area contributed by atoms with Crippen molar-refractivity contribution in [2.24, 2.45) is 5.73 Å². The molecule has 2 atom stereocenters. The Hall–Kier alpha value is -2.66.